The van der Waals surface area contributed by atoms with Crippen LogP contribution in [0.4, 0.5) is 0 Å². The Balaban J connectivity index is 1.48. The molecule has 0 spiro atoms. The molecule has 0 amide bonds. The maximum Gasteiger partial charge on any atom is 0.0871 e. The van der Waals surface area contributed by atoms with E-state index in [9.17, 15) is 0 Å². The summed E-state index contributed by atoms with van der Waals surface area (Å²) in [5.41, 5.74) is 22.0. The van der Waals surface area contributed by atoms with Gasteiger partial charge in [-0.15, -0.1) is 0 Å². The van der Waals surface area contributed by atoms with Crippen LogP contribution in [0.5, 0.6) is 0 Å². The summed E-state index contributed by atoms with van der Waals surface area (Å²) in [7, 11) is 10.8. The summed E-state index contributed by atoms with van der Waals surface area (Å²) >= 11 is 0. The van der Waals surface area contributed by atoms with E-state index >= 15 is 0 Å². The highest BCUT2D eigenvalue weighted by Crippen LogP contribution is 2.38. The van der Waals surface area contributed by atoms with Crippen molar-refractivity contribution >= 4 is 0 Å². The van der Waals surface area contributed by atoms with Crippen LogP contribution in [0, 0.1) is 0 Å². The molecule has 0 atom stereocenters. The molecule has 0 fully saturated rings. The second-order valence-electron chi connectivity index (χ2n) is 26.3. The molecule has 0 aliphatic heterocycles. The van der Waals surface area contributed by atoms with E-state index in [0.717, 1.165) is 77.0 Å². The Hall–Kier alpha value is -5.70. The van der Waals surface area contributed by atoms with Gasteiger partial charge in [0.2, 0.25) is 0 Å². The number of hydrogen-bond acceptors (Lipinski definition) is 6. The van der Waals surface area contributed by atoms with Crippen molar-refractivity contribution in [3.8, 4) is 0 Å². The Morgan fingerprint density at radius 3 is 0.381 bits per heavy atom. The van der Waals surface area contributed by atoms with Gasteiger partial charge < -0.3 is 28.4 Å². The topological polar surface area (TPSA) is 55.4 Å². The highest BCUT2D eigenvalue weighted by atomic mass is 16.5. The van der Waals surface area contributed by atoms with Gasteiger partial charge in [-0.25, -0.2) is 0 Å². The van der Waals surface area contributed by atoms with Gasteiger partial charge in [-0.05, 0) is 260 Å². The Morgan fingerprint density at radius 1 is 0.179 bits per heavy atom. The second-order valence-corrected chi connectivity index (χ2v) is 26.3. The van der Waals surface area contributed by atoms with Crippen LogP contribution in [0.25, 0.3) is 0 Å². The quantitative estimate of drug-likeness (QED) is 0.0447. The second kappa shape index (κ2) is 28.2. The zero-order valence-electron chi connectivity index (χ0n) is 54.8. The van der Waals surface area contributed by atoms with E-state index in [4.69, 9.17) is 28.4 Å². The lowest BCUT2D eigenvalue weighted by molar-refractivity contribution is 0.0190. The summed E-state index contributed by atoms with van der Waals surface area (Å²) in [6.07, 6.45) is 11.1. The number of hydrogen-bond donors (Lipinski definition) is 0. The van der Waals surface area contributed by atoms with Crippen molar-refractivity contribution in [1.29, 1.82) is 0 Å². The van der Waals surface area contributed by atoms with Gasteiger partial charge in [0.25, 0.3) is 0 Å². The molecule has 0 unspecified atom stereocenters. The highest BCUT2D eigenvalue weighted by Gasteiger charge is 2.28. The molecule has 84 heavy (non-hydrogen) atoms. The molecule has 6 heteroatoms. The van der Waals surface area contributed by atoms with Crippen LogP contribution in [-0.4, -0.2) is 42.7 Å². The van der Waals surface area contributed by atoms with Crippen LogP contribution >= 0.6 is 0 Å². The van der Waals surface area contributed by atoms with Crippen LogP contribution in [-0.2, 0) is 139 Å². The molecular formula is C78H102O6. The van der Waals surface area contributed by atoms with Crippen LogP contribution < -0.4 is 0 Å². The fraction of sp³-hybridized carbons (Fsp3) is 0.462. The van der Waals surface area contributed by atoms with Crippen molar-refractivity contribution in [1.82, 2.24) is 0 Å². The minimum Gasteiger partial charge on any atom is -0.374 e. The van der Waals surface area contributed by atoms with E-state index in [0.29, 0.717) is 0 Å². The summed E-state index contributed by atoms with van der Waals surface area (Å²) < 4.78 is 35.7. The normalized spacial score (nSPS) is 12.8. The van der Waals surface area contributed by atoms with Crippen LogP contribution in [0.15, 0.2) is 146 Å². The SMILES string of the molecule is COC(C)(C)c1ccc(CCc2c(CCc3ccc(C(C)(C)OC)cc3)c(CCc3ccc(C(C)(C)OC)cc3)c(CCc3ccc(C(C)(C)OC)cc3)c(CCc3ccc(C(C)(C)OC)cc3)c2CCc2ccc(C(C)(C)OC)cc2)cc1. The predicted octanol–water partition coefficient (Wildman–Crippen LogP) is 17.7. The van der Waals surface area contributed by atoms with Crippen molar-refractivity contribution in [2.75, 3.05) is 42.7 Å². The monoisotopic (exact) mass is 1130 g/mol. The van der Waals surface area contributed by atoms with Crippen molar-refractivity contribution in [3.63, 3.8) is 0 Å². The lowest BCUT2D eigenvalue weighted by Gasteiger charge is -2.29. The highest BCUT2D eigenvalue weighted by molar-refractivity contribution is 5.55. The molecule has 0 heterocycles. The van der Waals surface area contributed by atoms with E-state index in [-0.39, 0.29) is 33.6 Å². The number of ether oxygens (including phenoxy) is 6. The molecule has 0 aliphatic rings. The van der Waals surface area contributed by atoms with Gasteiger partial charge in [0.05, 0.1) is 33.6 Å². The maximum atomic E-state index is 5.95. The molecule has 0 saturated carbocycles. The first-order chi connectivity index (χ1) is 39.8. The summed E-state index contributed by atoms with van der Waals surface area (Å²) in [6, 6.07) is 55.2. The average molecular weight is 1140 g/mol. The van der Waals surface area contributed by atoms with E-state index < -0.39 is 0 Å². The van der Waals surface area contributed by atoms with Gasteiger partial charge in [0, 0.05) is 42.7 Å². The van der Waals surface area contributed by atoms with Crippen molar-refractivity contribution in [2.45, 2.75) is 194 Å². The smallest absolute Gasteiger partial charge is 0.0871 e. The zero-order chi connectivity index (χ0) is 61.1. The summed E-state index contributed by atoms with van der Waals surface area (Å²) in [6.45, 7) is 25.7. The molecule has 0 N–H and O–H groups in total. The van der Waals surface area contributed by atoms with E-state index in [1.165, 1.54) is 100 Å². The van der Waals surface area contributed by atoms with Crippen molar-refractivity contribution in [3.05, 3.63) is 246 Å². The lowest BCUT2D eigenvalue weighted by atomic mass is 9.76. The molecule has 0 aliphatic carbocycles. The van der Waals surface area contributed by atoms with Crippen LogP contribution in [0.1, 0.15) is 183 Å². The van der Waals surface area contributed by atoms with Gasteiger partial charge in [-0.1, -0.05) is 146 Å². The van der Waals surface area contributed by atoms with E-state index in [2.05, 4.69) is 229 Å². The summed E-state index contributed by atoms with van der Waals surface area (Å²) in [5, 5.41) is 0. The maximum absolute atomic E-state index is 5.95. The fourth-order valence-electron chi connectivity index (χ4n) is 11.7. The predicted molar refractivity (Wildman–Crippen MR) is 350 cm³/mol. The minimum atomic E-state index is -0.378. The molecule has 7 aromatic rings. The standard InChI is InChI=1S/C78H102O6/c1-73(2,79-13)61-37-19-55(20-38-61)31-49-67-68(50-32-56-21-39-62(40-22-56)74(3,4)80-14)70(52-34-58-25-43-64(44-26-58)76(7,8)82-16)72(54-36-60-29-47-66(48-30-60)78(11,12)84-18)71(53-35-59-27-45-65(46-28-59)77(9,10)83-17)69(67)51-33-57-23-41-63(42-24-57)75(5,6)81-15/h19-30,37-48H,31-36,49-54H2,1-18H3. The van der Waals surface area contributed by atoms with Gasteiger partial charge in [0.15, 0.2) is 0 Å². The van der Waals surface area contributed by atoms with Crippen LogP contribution in [0.3, 0.4) is 0 Å². The molecular weight excluding hydrogens is 1030 g/mol. The molecule has 0 radical (unpaired) electrons. The molecule has 7 aromatic carbocycles. The summed E-state index contributed by atoms with van der Waals surface area (Å²) in [5.74, 6) is 0. The largest absolute Gasteiger partial charge is 0.374 e. The zero-order valence-corrected chi connectivity index (χ0v) is 54.8. The number of benzene rings is 7. The Morgan fingerprint density at radius 2 is 0.286 bits per heavy atom. The third-order valence-corrected chi connectivity index (χ3v) is 19.1. The molecule has 6 nitrogen and oxygen atoms in total. The molecule has 0 saturated heterocycles. The average Bonchev–Trinajstić information content (AvgIpc) is 1.79. The van der Waals surface area contributed by atoms with Crippen molar-refractivity contribution < 1.29 is 28.4 Å². The molecule has 0 aromatic heterocycles. The third-order valence-electron chi connectivity index (χ3n) is 19.1. The Kier molecular flexibility index (Phi) is 22.1. The Bertz CT molecular complexity index is 2590. The Labute approximate surface area is 508 Å². The fourth-order valence-corrected chi connectivity index (χ4v) is 11.7. The van der Waals surface area contributed by atoms with Gasteiger partial charge in [0.1, 0.15) is 0 Å². The molecule has 7 rings (SSSR count). The minimum absolute atomic E-state index is 0.378. The van der Waals surface area contributed by atoms with Gasteiger partial charge in [-0.2, -0.15) is 0 Å². The van der Waals surface area contributed by atoms with Crippen molar-refractivity contribution in [2.24, 2.45) is 0 Å². The third kappa shape index (κ3) is 16.4. The van der Waals surface area contributed by atoms with E-state index in [1.54, 1.807) is 42.7 Å². The van der Waals surface area contributed by atoms with Crippen LogP contribution in [0.2, 0.25) is 0 Å². The molecule has 450 valence electrons. The van der Waals surface area contributed by atoms with Gasteiger partial charge in [-0.3, -0.25) is 0 Å². The van der Waals surface area contributed by atoms with Gasteiger partial charge >= 0.3 is 0 Å². The first kappa shape index (κ1) is 65.8. The first-order valence-corrected chi connectivity index (χ1v) is 30.8. The number of methoxy groups -OCH3 is 6. The number of aryl methyl sites for hydroxylation is 6. The lowest BCUT2D eigenvalue weighted by Crippen LogP contribution is -2.20. The number of rotatable bonds is 30. The van der Waals surface area contributed by atoms with E-state index in [1.807, 2.05) is 0 Å². The summed E-state index contributed by atoms with van der Waals surface area (Å²) in [4.78, 5) is 0. The first-order valence-electron chi connectivity index (χ1n) is 30.8. The molecule has 0 bridgehead atoms.